The second kappa shape index (κ2) is 8.11. The van der Waals surface area contributed by atoms with Gasteiger partial charge in [0.1, 0.15) is 28.6 Å². The zero-order valence-electron chi connectivity index (χ0n) is 18.8. The SMILES string of the molecule is CC1(c2ccc(F)cn2)C(=O)Nc2nc(-c3cn4ccnc4c(CCC(F)(F)C(F)(F)F)n3)nc(N)c21. The summed E-state index contributed by atoms with van der Waals surface area (Å²) in [5.41, 5.74) is 5.07. The average molecular weight is 522 g/mol. The molecule has 0 bridgehead atoms. The zero-order valence-corrected chi connectivity index (χ0v) is 18.8. The highest BCUT2D eigenvalue weighted by Crippen LogP contribution is 2.44. The van der Waals surface area contributed by atoms with Crippen LogP contribution >= 0.6 is 0 Å². The Balaban J connectivity index is 1.57. The molecule has 0 radical (unpaired) electrons. The maximum Gasteiger partial charge on any atom is 0.453 e. The molecule has 192 valence electrons. The summed E-state index contributed by atoms with van der Waals surface area (Å²) in [6.45, 7) is 1.52. The molecule has 37 heavy (non-hydrogen) atoms. The highest BCUT2D eigenvalue weighted by Gasteiger charge is 2.56. The van der Waals surface area contributed by atoms with Gasteiger partial charge in [-0.25, -0.2) is 24.3 Å². The Morgan fingerprint density at radius 1 is 1.11 bits per heavy atom. The summed E-state index contributed by atoms with van der Waals surface area (Å²) in [6, 6.07) is 2.47. The van der Waals surface area contributed by atoms with Crippen molar-refractivity contribution in [3.8, 4) is 11.5 Å². The third-order valence-electron chi connectivity index (χ3n) is 6.13. The van der Waals surface area contributed by atoms with Crippen molar-refractivity contribution < 1.29 is 31.1 Å². The first kappa shape index (κ1) is 24.4. The van der Waals surface area contributed by atoms with Crippen molar-refractivity contribution in [1.82, 2.24) is 29.3 Å². The number of alkyl halides is 5. The third-order valence-corrected chi connectivity index (χ3v) is 6.13. The number of nitrogens with one attached hydrogen (secondary N) is 1. The number of rotatable bonds is 5. The van der Waals surface area contributed by atoms with Crippen molar-refractivity contribution in [1.29, 1.82) is 0 Å². The smallest absolute Gasteiger partial charge is 0.383 e. The molecule has 1 amide bonds. The van der Waals surface area contributed by atoms with Gasteiger partial charge in [-0.2, -0.15) is 22.0 Å². The van der Waals surface area contributed by atoms with Gasteiger partial charge in [0.25, 0.3) is 0 Å². The predicted octanol–water partition coefficient (Wildman–Crippen LogP) is 3.69. The van der Waals surface area contributed by atoms with Gasteiger partial charge < -0.3 is 15.5 Å². The standard InChI is InChI=1S/C22H16F6N8O/c1-20(13-3-2-10(23)8-31-13)14-15(29)33-16(34-17(14)35-19(20)37)12-9-36-7-6-30-18(36)11(32-12)4-5-21(24,25)22(26,27)28/h2-3,6-9H,4-5H2,1H3,(H3,29,33,34,35,37). The van der Waals surface area contributed by atoms with Crippen LogP contribution in [0.3, 0.4) is 0 Å². The number of fused-ring (bicyclic) bond motifs is 2. The molecule has 9 nitrogen and oxygen atoms in total. The van der Waals surface area contributed by atoms with Crippen molar-refractivity contribution in [2.24, 2.45) is 0 Å². The number of hydrogen-bond donors (Lipinski definition) is 2. The Bertz CT molecular complexity index is 1530. The number of nitrogens with zero attached hydrogens (tertiary/aromatic N) is 6. The molecular formula is C22H16F6N8O. The fraction of sp³-hybridized carbons (Fsp3) is 0.273. The summed E-state index contributed by atoms with van der Waals surface area (Å²) < 4.78 is 79.8. The van der Waals surface area contributed by atoms with Crippen LogP contribution in [0.4, 0.5) is 38.0 Å². The first-order valence-corrected chi connectivity index (χ1v) is 10.7. The number of carbonyl (C=O) groups is 1. The van der Waals surface area contributed by atoms with E-state index in [0.29, 0.717) is 0 Å². The Labute approximate surface area is 203 Å². The average Bonchev–Trinajstić information content (AvgIpc) is 3.40. The lowest BCUT2D eigenvalue weighted by atomic mass is 9.81. The largest absolute Gasteiger partial charge is 0.453 e. The molecule has 0 aliphatic carbocycles. The number of amides is 1. The molecule has 4 aromatic rings. The number of anilines is 2. The summed E-state index contributed by atoms with van der Waals surface area (Å²) in [5, 5.41) is 2.59. The molecule has 1 atom stereocenters. The van der Waals surface area contributed by atoms with Crippen LogP contribution in [-0.2, 0) is 16.6 Å². The lowest BCUT2D eigenvalue weighted by Crippen LogP contribution is -2.36. The van der Waals surface area contributed by atoms with Crippen molar-refractivity contribution in [2.75, 3.05) is 11.1 Å². The van der Waals surface area contributed by atoms with E-state index in [1.165, 1.54) is 36.0 Å². The summed E-state index contributed by atoms with van der Waals surface area (Å²) in [4.78, 5) is 33.6. The molecule has 4 aromatic heterocycles. The van der Waals surface area contributed by atoms with Gasteiger partial charge in [-0.3, -0.25) is 9.78 Å². The number of aryl methyl sites for hydroxylation is 1. The third kappa shape index (κ3) is 3.90. The number of aromatic nitrogens is 6. The molecule has 5 rings (SSSR count). The van der Waals surface area contributed by atoms with Gasteiger partial charge in [0.2, 0.25) is 5.91 Å². The molecule has 15 heteroatoms. The van der Waals surface area contributed by atoms with E-state index in [2.05, 4.69) is 30.2 Å². The van der Waals surface area contributed by atoms with E-state index in [4.69, 9.17) is 5.73 Å². The van der Waals surface area contributed by atoms with Gasteiger partial charge in [-0.05, 0) is 25.5 Å². The van der Waals surface area contributed by atoms with Crippen molar-refractivity contribution >= 4 is 23.2 Å². The van der Waals surface area contributed by atoms with E-state index in [-0.39, 0.29) is 45.8 Å². The van der Waals surface area contributed by atoms with E-state index in [1.807, 2.05) is 0 Å². The first-order valence-electron chi connectivity index (χ1n) is 10.7. The fourth-order valence-corrected chi connectivity index (χ4v) is 4.13. The van der Waals surface area contributed by atoms with Crippen LogP contribution in [0, 0.1) is 5.82 Å². The van der Waals surface area contributed by atoms with Crippen LogP contribution in [0.2, 0.25) is 0 Å². The minimum absolute atomic E-state index is 0.00640. The maximum absolute atomic E-state index is 13.6. The first-order chi connectivity index (χ1) is 17.3. The molecule has 0 aromatic carbocycles. The highest BCUT2D eigenvalue weighted by atomic mass is 19.4. The second-order valence-corrected chi connectivity index (χ2v) is 8.53. The Morgan fingerprint density at radius 2 is 1.86 bits per heavy atom. The maximum atomic E-state index is 13.6. The molecule has 1 aliphatic rings. The van der Waals surface area contributed by atoms with Crippen molar-refractivity contribution in [2.45, 2.75) is 37.3 Å². The van der Waals surface area contributed by atoms with Gasteiger partial charge in [0, 0.05) is 25.0 Å². The molecule has 1 aliphatic heterocycles. The Kier molecular flexibility index (Phi) is 5.35. The minimum atomic E-state index is -5.71. The molecule has 5 heterocycles. The molecule has 3 N–H and O–H groups in total. The van der Waals surface area contributed by atoms with Crippen LogP contribution < -0.4 is 11.1 Å². The quantitative estimate of drug-likeness (QED) is 0.383. The number of nitrogen functional groups attached to an aromatic ring is 1. The van der Waals surface area contributed by atoms with Crippen LogP contribution in [-0.4, -0.2) is 47.3 Å². The predicted molar refractivity (Wildman–Crippen MR) is 117 cm³/mol. The number of imidazole rings is 1. The number of carbonyl (C=O) groups excluding carboxylic acids is 1. The number of halogens is 6. The number of nitrogens with two attached hydrogens (primary N) is 1. The summed E-state index contributed by atoms with van der Waals surface area (Å²) in [5.74, 6) is -6.30. The monoisotopic (exact) mass is 522 g/mol. The van der Waals surface area contributed by atoms with Crippen LogP contribution in [0.25, 0.3) is 17.2 Å². The van der Waals surface area contributed by atoms with Gasteiger partial charge >= 0.3 is 12.1 Å². The molecule has 0 fully saturated rings. The van der Waals surface area contributed by atoms with Crippen LogP contribution in [0.5, 0.6) is 0 Å². The molecule has 0 saturated carbocycles. The van der Waals surface area contributed by atoms with Gasteiger partial charge in [0.15, 0.2) is 11.5 Å². The number of hydrogen-bond acceptors (Lipinski definition) is 7. The van der Waals surface area contributed by atoms with E-state index in [9.17, 15) is 31.1 Å². The molecule has 1 unspecified atom stereocenters. The van der Waals surface area contributed by atoms with E-state index >= 15 is 0 Å². The normalized spacial score (nSPS) is 17.8. The second-order valence-electron chi connectivity index (χ2n) is 8.53. The lowest BCUT2D eigenvalue weighted by Gasteiger charge is -2.22. The minimum Gasteiger partial charge on any atom is -0.383 e. The van der Waals surface area contributed by atoms with Crippen LogP contribution in [0.1, 0.15) is 30.3 Å². The van der Waals surface area contributed by atoms with Gasteiger partial charge in [0.05, 0.1) is 23.1 Å². The van der Waals surface area contributed by atoms with E-state index < -0.39 is 42.1 Å². The van der Waals surface area contributed by atoms with E-state index in [0.717, 1.165) is 12.3 Å². The topological polar surface area (TPSA) is 124 Å². The Hall–Kier alpha value is -4.30. The zero-order chi connectivity index (χ0) is 26.8. The molecule has 0 spiro atoms. The van der Waals surface area contributed by atoms with Crippen molar-refractivity contribution in [3.05, 3.63) is 59.7 Å². The van der Waals surface area contributed by atoms with E-state index in [1.54, 1.807) is 0 Å². The van der Waals surface area contributed by atoms with Crippen LogP contribution in [0.15, 0.2) is 36.9 Å². The van der Waals surface area contributed by atoms with Gasteiger partial charge in [-0.1, -0.05) is 0 Å². The molecular weight excluding hydrogens is 506 g/mol. The number of pyridine rings is 1. The lowest BCUT2D eigenvalue weighted by molar-refractivity contribution is -0.284. The summed E-state index contributed by atoms with van der Waals surface area (Å²) in [6.07, 6.45) is -2.88. The summed E-state index contributed by atoms with van der Waals surface area (Å²) >= 11 is 0. The van der Waals surface area contributed by atoms with Gasteiger partial charge in [-0.15, -0.1) is 0 Å². The highest BCUT2D eigenvalue weighted by molar-refractivity contribution is 6.08. The Morgan fingerprint density at radius 3 is 2.54 bits per heavy atom. The molecule has 0 saturated heterocycles. The summed E-state index contributed by atoms with van der Waals surface area (Å²) in [7, 11) is 0. The fourth-order valence-electron chi connectivity index (χ4n) is 4.13. The van der Waals surface area contributed by atoms with Crippen molar-refractivity contribution in [3.63, 3.8) is 0 Å².